The fourth-order valence-corrected chi connectivity index (χ4v) is 2.75. The molecule has 1 aromatic heterocycles. The van der Waals surface area contributed by atoms with Crippen molar-refractivity contribution in [2.24, 2.45) is 0 Å². The van der Waals surface area contributed by atoms with Gasteiger partial charge in [-0.15, -0.1) is 0 Å². The summed E-state index contributed by atoms with van der Waals surface area (Å²) in [7, 11) is 0. The number of non-ortho nitro benzene ring substituents is 1. The topological polar surface area (TPSA) is 175 Å². The number of anilines is 3. The van der Waals surface area contributed by atoms with Crippen LogP contribution in [0.5, 0.6) is 0 Å². The summed E-state index contributed by atoms with van der Waals surface area (Å²) in [6.07, 6.45) is 0. The minimum atomic E-state index is -1.03. The molecule has 1 heterocycles. The van der Waals surface area contributed by atoms with E-state index in [1.807, 2.05) is 31.2 Å². The highest BCUT2D eigenvalue weighted by Crippen LogP contribution is 2.18. The van der Waals surface area contributed by atoms with Crippen molar-refractivity contribution in [1.82, 2.24) is 20.3 Å². The predicted octanol–water partition coefficient (Wildman–Crippen LogP) is 2.28. The molecule has 170 valence electrons. The maximum absolute atomic E-state index is 12.3. The second-order valence-corrected chi connectivity index (χ2v) is 6.98. The van der Waals surface area contributed by atoms with Gasteiger partial charge in [-0.2, -0.15) is 15.0 Å². The van der Waals surface area contributed by atoms with Gasteiger partial charge in [-0.25, -0.2) is 4.79 Å². The minimum Gasteiger partial charge on any atom is -0.456 e. The number of para-hydroxylation sites is 1. The van der Waals surface area contributed by atoms with Crippen LogP contribution >= 0.6 is 0 Å². The summed E-state index contributed by atoms with van der Waals surface area (Å²) in [4.78, 5) is 47.0. The summed E-state index contributed by atoms with van der Waals surface area (Å²) >= 11 is 0. The lowest BCUT2D eigenvalue weighted by atomic mass is 10.2. The van der Waals surface area contributed by atoms with Gasteiger partial charge in [-0.1, -0.05) is 24.3 Å². The Morgan fingerprint density at radius 3 is 2.64 bits per heavy atom. The average molecular weight is 451 g/mol. The second kappa shape index (κ2) is 10.1. The van der Waals surface area contributed by atoms with Gasteiger partial charge in [0, 0.05) is 23.4 Å². The molecular formula is C21H21N7O5. The number of nitrogens with one attached hydrogen (secondary N) is 2. The third kappa shape index (κ3) is 6.19. The van der Waals surface area contributed by atoms with Crippen LogP contribution in [0.1, 0.15) is 28.7 Å². The molecule has 3 aromatic rings. The standard InChI is InChI=1S/C21H21N7O5/c1-12-6-3-4-9-16(12)24-21-26-17(25-20(22)27-21)11-33-19(30)13(2)23-18(29)14-7-5-8-15(10-14)28(31)32/h3-10,13H,11H2,1-2H3,(H,23,29)(H3,22,24,25,26,27). The molecule has 0 spiro atoms. The minimum absolute atomic E-state index is 0.0426. The molecule has 2 aromatic carbocycles. The Morgan fingerprint density at radius 1 is 1.15 bits per heavy atom. The third-order valence-corrected chi connectivity index (χ3v) is 4.45. The molecule has 3 rings (SSSR count). The lowest BCUT2D eigenvalue weighted by Gasteiger charge is -2.13. The van der Waals surface area contributed by atoms with Crippen molar-refractivity contribution in [1.29, 1.82) is 0 Å². The van der Waals surface area contributed by atoms with Gasteiger partial charge in [0.05, 0.1) is 4.92 Å². The summed E-state index contributed by atoms with van der Waals surface area (Å²) in [5.74, 6) is -1.16. The van der Waals surface area contributed by atoms with Crippen LogP contribution in [0.4, 0.5) is 23.3 Å². The predicted molar refractivity (Wildman–Crippen MR) is 119 cm³/mol. The Bertz CT molecular complexity index is 1200. The summed E-state index contributed by atoms with van der Waals surface area (Å²) < 4.78 is 5.17. The van der Waals surface area contributed by atoms with Gasteiger partial charge in [0.15, 0.2) is 12.4 Å². The highest BCUT2D eigenvalue weighted by Gasteiger charge is 2.20. The number of ether oxygens (including phenoxy) is 1. The number of carbonyl (C=O) groups is 2. The van der Waals surface area contributed by atoms with Gasteiger partial charge in [0.2, 0.25) is 11.9 Å². The number of nitro benzene ring substituents is 1. The van der Waals surface area contributed by atoms with E-state index in [1.165, 1.54) is 25.1 Å². The normalized spacial score (nSPS) is 11.3. The van der Waals surface area contributed by atoms with E-state index in [4.69, 9.17) is 10.5 Å². The van der Waals surface area contributed by atoms with E-state index in [0.29, 0.717) is 0 Å². The molecule has 0 saturated heterocycles. The van der Waals surface area contributed by atoms with E-state index < -0.39 is 22.8 Å². The van der Waals surface area contributed by atoms with Crippen molar-refractivity contribution in [2.45, 2.75) is 26.5 Å². The zero-order valence-corrected chi connectivity index (χ0v) is 17.8. The average Bonchev–Trinajstić information content (AvgIpc) is 2.78. The molecule has 0 aliphatic carbocycles. The van der Waals surface area contributed by atoms with Crippen LogP contribution in [0.25, 0.3) is 0 Å². The Labute approximate surface area is 188 Å². The van der Waals surface area contributed by atoms with Crippen LogP contribution in [-0.2, 0) is 16.1 Å². The molecule has 1 unspecified atom stereocenters. The first-order valence-corrected chi connectivity index (χ1v) is 9.78. The highest BCUT2D eigenvalue weighted by atomic mass is 16.6. The van der Waals surface area contributed by atoms with E-state index in [0.717, 1.165) is 17.3 Å². The second-order valence-electron chi connectivity index (χ2n) is 6.98. The Morgan fingerprint density at radius 2 is 1.91 bits per heavy atom. The first kappa shape index (κ1) is 23.1. The zero-order valence-electron chi connectivity index (χ0n) is 17.8. The van der Waals surface area contributed by atoms with E-state index in [2.05, 4.69) is 25.6 Å². The first-order chi connectivity index (χ1) is 15.7. The molecule has 0 fully saturated rings. The quantitative estimate of drug-likeness (QED) is 0.262. The van der Waals surface area contributed by atoms with Gasteiger partial charge in [-0.3, -0.25) is 14.9 Å². The molecule has 33 heavy (non-hydrogen) atoms. The number of aromatic nitrogens is 3. The van der Waals surface area contributed by atoms with Crippen LogP contribution in [0.2, 0.25) is 0 Å². The number of hydrogen-bond donors (Lipinski definition) is 3. The zero-order chi connectivity index (χ0) is 24.0. The molecule has 12 nitrogen and oxygen atoms in total. The number of esters is 1. The van der Waals surface area contributed by atoms with Gasteiger partial charge >= 0.3 is 5.97 Å². The number of hydrogen-bond acceptors (Lipinski definition) is 10. The summed E-state index contributed by atoms with van der Waals surface area (Å²) in [6, 6.07) is 11.6. The molecule has 0 aliphatic heterocycles. The fraction of sp³-hybridized carbons (Fsp3) is 0.190. The van der Waals surface area contributed by atoms with Crippen molar-refractivity contribution in [3.05, 3.63) is 75.6 Å². The number of carbonyl (C=O) groups excluding carboxylic acids is 2. The lowest BCUT2D eigenvalue weighted by molar-refractivity contribution is -0.384. The van der Waals surface area contributed by atoms with Gasteiger partial charge in [0.1, 0.15) is 6.04 Å². The van der Waals surface area contributed by atoms with Crippen LogP contribution in [0.3, 0.4) is 0 Å². The van der Waals surface area contributed by atoms with Gasteiger partial charge < -0.3 is 21.1 Å². The number of nitro groups is 1. The molecule has 1 amide bonds. The summed E-state index contributed by atoms with van der Waals surface area (Å²) in [5.41, 5.74) is 7.29. The van der Waals surface area contributed by atoms with Crippen molar-refractivity contribution >= 4 is 35.1 Å². The van der Waals surface area contributed by atoms with E-state index in [-0.39, 0.29) is 35.6 Å². The Kier molecular flexibility index (Phi) is 7.08. The van der Waals surface area contributed by atoms with Gasteiger partial charge in [-0.05, 0) is 31.5 Å². The smallest absolute Gasteiger partial charge is 0.328 e. The number of amides is 1. The maximum atomic E-state index is 12.3. The van der Waals surface area contributed by atoms with Crippen LogP contribution in [-0.4, -0.2) is 37.8 Å². The number of benzene rings is 2. The third-order valence-electron chi connectivity index (χ3n) is 4.45. The Hall–Kier alpha value is -4.61. The molecule has 0 saturated carbocycles. The van der Waals surface area contributed by atoms with E-state index >= 15 is 0 Å². The van der Waals surface area contributed by atoms with Gasteiger partial charge in [0.25, 0.3) is 11.6 Å². The molecule has 0 aliphatic rings. The number of nitrogen functional groups attached to an aromatic ring is 1. The van der Waals surface area contributed by atoms with Crippen LogP contribution in [0.15, 0.2) is 48.5 Å². The summed E-state index contributed by atoms with van der Waals surface area (Å²) in [5, 5.41) is 16.3. The van der Waals surface area contributed by atoms with Crippen molar-refractivity contribution in [3.63, 3.8) is 0 Å². The van der Waals surface area contributed by atoms with Crippen molar-refractivity contribution in [3.8, 4) is 0 Å². The van der Waals surface area contributed by atoms with E-state index in [1.54, 1.807) is 0 Å². The van der Waals surface area contributed by atoms with Crippen LogP contribution in [0, 0.1) is 17.0 Å². The van der Waals surface area contributed by atoms with Crippen molar-refractivity contribution in [2.75, 3.05) is 11.1 Å². The van der Waals surface area contributed by atoms with Crippen LogP contribution < -0.4 is 16.4 Å². The number of rotatable bonds is 8. The molecule has 0 radical (unpaired) electrons. The highest BCUT2D eigenvalue weighted by molar-refractivity contribution is 5.97. The maximum Gasteiger partial charge on any atom is 0.328 e. The van der Waals surface area contributed by atoms with E-state index in [9.17, 15) is 19.7 Å². The Balaban J connectivity index is 1.60. The number of aryl methyl sites for hydroxylation is 1. The number of nitrogens with zero attached hydrogens (tertiary/aromatic N) is 4. The largest absolute Gasteiger partial charge is 0.456 e. The molecular weight excluding hydrogens is 430 g/mol. The lowest BCUT2D eigenvalue weighted by Crippen LogP contribution is -2.39. The monoisotopic (exact) mass is 451 g/mol. The molecule has 0 bridgehead atoms. The first-order valence-electron chi connectivity index (χ1n) is 9.78. The fourth-order valence-electron chi connectivity index (χ4n) is 2.75. The molecule has 4 N–H and O–H groups in total. The van der Waals surface area contributed by atoms with Crippen molar-refractivity contribution < 1.29 is 19.2 Å². The summed E-state index contributed by atoms with van der Waals surface area (Å²) in [6.45, 7) is 3.04. The SMILES string of the molecule is Cc1ccccc1Nc1nc(N)nc(COC(=O)C(C)NC(=O)c2cccc([N+](=O)[O-])c2)n1. The number of nitrogens with two attached hydrogens (primary N) is 1. The molecule has 1 atom stereocenters. The molecule has 12 heteroatoms.